The molecule has 2 fully saturated rings. The van der Waals surface area contributed by atoms with Crippen molar-refractivity contribution >= 4 is 72.6 Å². The number of nitrogens with zero attached hydrogens (tertiary/aromatic N) is 1. The van der Waals surface area contributed by atoms with Crippen molar-refractivity contribution in [3.63, 3.8) is 0 Å². The third-order valence-corrected chi connectivity index (χ3v) is 7.63. The molecule has 4 atom stereocenters. The average molecular weight is 456 g/mol. The van der Waals surface area contributed by atoms with E-state index in [1.165, 1.54) is 4.90 Å². The first kappa shape index (κ1) is 15.8. The van der Waals surface area contributed by atoms with E-state index in [1.54, 1.807) is 18.2 Å². The van der Waals surface area contributed by atoms with E-state index in [9.17, 15) is 9.59 Å². The molecule has 112 valence electrons. The molecule has 21 heavy (non-hydrogen) atoms. The molecule has 3 nitrogen and oxygen atoms in total. The van der Waals surface area contributed by atoms with Crippen molar-refractivity contribution in [2.24, 2.45) is 11.8 Å². The Labute approximate surface area is 149 Å². The number of fused-ring (bicyclic) bond motifs is 1. The lowest BCUT2D eigenvalue weighted by Crippen LogP contribution is -2.34. The zero-order valence-corrected chi connectivity index (χ0v) is 15.4. The first-order chi connectivity index (χ1) is 9.91. The highest BCUT2D eigenvalue weighted by atomic mass is 79.9. The third-order valence-electron chi connectivity index (χ3n) is 4.08. The number of imide groups is 1. The first-order valence-electron chi connectivity index (χ1n) is 6.51. The van der Waals surface area contributed by atoms with Crippen molar-refractivity contribution in [3.05, 3.63) is 28.2 Å². The summed E-state index contributed by atoms with van der Waals surface area (Å²) in [5, 5.41) is 0.576. The molecule has 0 spiro atoms. The zero-order valence-electron chi connectivity index (χ0n) is 10.7. The minimum atomic E-state index is -0.286. The fraction of sp³-hybridized carbons (Fsp3) is 0.429. The Hall–Kier alpha value is -0.100. The summed E-state index contributed by atoms with van der Waals surface area (Å²) in [4.78, 5) is 26.8. The Morgan fingerprint density at radius 2 is 1.52 bits per heavy atom. The van der Waals surface area contributed by atoms with Crippen molar-refractivity contribution in [2.75, 3.05) is 4.90 Å². The maximum atomic E-state index is 12.6. The summed E-state index contributed by atoms with van der Waals surface area (Å²) in [5.74, 6) is -0.938. The minimum absolute atomic E-state index is 0.182. The zero-order chi connectivity index (χ0) is 15.3. The summed E-state index contributed by atoms with van der Waals surface area (Å²) in [6.45, 7) is 0. The Morgan fingerprint density at radius 1 is 1.00 bits per heavy atom. The number of alkyl halides is 2. The van der Waals surface area contributed by atoms with E-state index in [0.29, 0.717) is 23.6 Å². The quantitative estimate of drug-likeness (QED) is 0.464. The van der Waals surface area contributed by atoms with Gasteiger partial charge in [0.2, 0.25) is 11.8 Å². The standard InChI is InChI=1S/C14H11Br2Cl2NO2/c15-8-4-6-7(5-9(8)16)14(21)19(13(6)20)11-3-1-2-10(17)12(11)18/h1-3,6-9H,4-5H2/t6-,7-,8+,9+/m0/s1. The van der Waals surface area contributed by atoms with Crippen LogP contribution >= 0.6 is 55.1 Å². The molecule has 1 aromatic rings. The summed E-state index contributed by atoms with van der Waals surface area (Å²) >= 11 is 19.3. The van der Waals surface area contributed by atoms with Crippen molar-refractivity contribution in [1.29, 1.82) is 0 Å². The van der Waals surface area contributed by atoms with E-state index in [2.05, 4.69) is 31.9 Å². The van der Waals surface area contributed by atoms with Crippen LogP contribution in [-0.2, 0) is 9.59 Å². The Bertz CT molecular complexity index is 597. The predicted octanol–water partition coefficient (Wildman–Crippen LogP) is 4.42. The van der Waals surface area contributed by atoms with Gasteiger partial charge in [0.05, 0.1) is 27.6 Å². The molecule has 0 bridgehead atoms. The third kappa shape index (κ3) is 2.56. The molecule has 7 heteroatoms. The molecule has 3 rings (SSSR count). The fourth-order valence-corrected chi connectivity index (χ4v) is 4.61. The molecule has 1 aliphatic heterocycles. The molecule has 1 saturated heterocycles. The van der Waals surface area contributed by atoms with Crippen molar-refractivity contribution in [2.45, 2.75) is 22.5 Å². The lowest BCUT2D eigenvalue weighted by Gasteiger charge is -2.29. The number of benzene rings is 1. The van der Waals surface area contributed by atoms with Gasteiger partial charge in [-0.25, -0.2) is 4.90 Å². The van der Waals surface area contributed by atoms with Crippen LogP contribution < -0.4 is 4.90 Å². The van der Waals surface area contributed by atoms with Crippen LogP contribution in [0.15, 0.2) is 18.2 Å². The fourth-order valence-electron chi connectivity index (χ4n) is 3.00. The van der Waals surface area contributed by atoms with Gasteiger partial charge < -0.3 is 0 Å². The van der Waals surface area contributed by atoms with E-state index in [0.717, 1.165) is 0 Å². The van der Waals surface area contributed by atoms with Gasteiger partial charge in [-0.1, -0.05) is 61.1 Å². The second-order valence-corrected chi connectivity index (χ2v) is 8.44. The number of anilines is 1. The van der Waals surface area contributed by atoms with Gasteiger partial charge in [0.15, 0.2) is 0 Å². The topological polar surface area (TPSA) is 37.4 Å². The predicted molar refractivity (Wildman–Crippen MR) is 90.6 cm³/mol. The van der Waals surface area contributed by atoms with E-state index < -0.39 is 0 Å². The summed E-state index contributed by atoms with van der Waals surface area (Å²) in [6.07, 6.45) is 1.28. The highest BCUT2D eigenvalue weighted by Gasteiger charge is 2.52. The molecular formula is C14H11Br2Cl2NO2. The molecule has 0 unspecified atom stereocenters. The molecule has 0 N–H and O–H groups in total. The Morgan fingerprint density at radius 3 is 2.05 bits per heavy atom. The largest absolute Gasteiger partial charge is 0.274 e. The number of hydrogen-bond acceptors (Lipinski definition) is 2. The maximum Gasteiger partial charge on any atom is 0.237 e. The van der Waals surface area contributed by atoms with Gasteiger partial charge in [-0.05, 0) is 25.0 Å². The van der Waals surface area contributed by atoms with Crippen LogP contribution in [0.5, 0.6) is 0 Å². The summed E-state index contributed by atoms with van der Waals surface area (Å²) in [6, 6.07) is 4.97. The summed E-state index contributed by atoms with van der Waals surface area (Å²) in [7, 11) is 0. The SMILES string of the molecule is O=C1[C@H]2C[C@@H](Br)[C@H](Br)C[C@@H]2C(=O)N1c1cccc(Cl)c1Cl. The van der Waals surface area contributed by atoms with Gasteiger partial charge in [0.25, 0.3) is 0 Å². The lowest BCUT2D eigenvalue weighted by atomic mass is 9.81. The van der Waals surface area contributed by atoms with Crippen LogP contribution in [0.2, 0.25) is 10.0 Å². The highest BCUT2D eigenvalue weighted by molar-refractivity contribution is 9.12. The first-order valence-corrected chi connectivity index (χ1v) is 9.10. The second kappa shape index (κ2) is 5.84. The number of carbonyl (C=O) groups excluding carboxylic acids is 2. The smallest absolute Gasteiger partial charge is 0.237 e. The molecule has 2 amide bonds. The van der Waals surface area contributed by atoms with Crippen LogP contribution in [0.25, 0.3) is 0 Å². The van der Waals surface area contributed by atoms with E-state index in [4.69, 9.17) is 23.2 Å². The van der Waals surface area contributed by atoms with Gasteiger partial charge in [0, 0.05) is 9.65 Å². The van der Waals surface area contributed by atoms with Crippen LogP contribution in [0.3, 0.4) is 0 Å². The summed E-state index contributed by atoms with van der Waals surface area (Å²) in [5.41, 5.74) is 0.380. The molecule has 1 heterocycles. The molecular weight excluding hydrogens is 445 g/mol. The van der Waals surface area contributed by atoms with Crippen LogP contribution in [-0.4, -0.2) is 21.5 Å². The molecule has 0 aromatic heterocycles. The number of amides is 2. The van der Waals surface area contributed by atoms with Crippen LogP contribution in [0.1, 0.15) is 12.8 Å². The van der Waals surface area contributed by atoms with Crippen molar-refractivity contribution in [3.8, 4) is 0 Å². The molecule has 1 saturated carbocycles. The lowest BCUT2D eigenvalue weighted by molar-refractivity contribution is -0.122. The Kier molecular flexibility index (Phi) is 4.39. The Balaban J connectivity index is 2.00. The van der Waals surface area contributed by atoms with Gasteiger partial charge in [-0.2, -0.15) is 0 Å². The molecule has 2 aliphatic rings. The number of rotatable bonds is 1. The monoisotopic (exact) mass is 453 g/mol. The minimum Gasteiger partial charge on any atom is -0.274 e. The van der Waals surface area contributed by atoms with Gasteiger partial charge in [-0.3, -0.25) is 9.59 Å². The normalized spacial score (nSPS) is 32.5. The number of hydrogen-bond donors (Lipinski definition) is 0. The molecule has 1 aliphatic carbocycles. The van der Waals surface area contributed by atoms with Crippen molar-refractivity contribution < 1.29 is 9.59 Å². The summed E-state index contributed by atoms with van der Waals surface area (Å²) < 4.78 is 0. The van der Waals surface area contributed by atoms with Gasteiger partial charge in [0.1, 0.15) is 0 Å². The molecule has 1 aromatic carbocycles. The van der Waals surface area contributed by atoms with Crippen molar-refractivity contribution in [1.82, 2.24) is 0 Å². The van der Waals surface area contributed by atoms with Gasteiger partial charge >= 0.3 is 0 Å². The molecule has 0 radical (unpaired) electrons. The van der Waals surface area contributed by atoms with E-state index in [1.807, 2.05) is 0 Å². The number of carbonyl (C=O) groups is 2. The van der Waals surface area contributed by atoms with E-state index >= 15 is 0 Å². The van der Waals surface area contributed by atoms with Crippen LogP contribution in [0.4, 0.5) is 5.69 Å². The van der Waals surface area contributed by atoms with Crippen LogP contribution in [0, 0.1) is 11.8 Å². The average Bonchev–Trinajstić information content (AvgIpc) is 2.67. The second-order valence-electron chi connectivity index (χ2n) is 5.30. The van der Waals surface area contributed by atoms with Gasteiger partial charge in [-0.15, -0.1) is 0 Å². The van der Waals surface area contributed by atoms with E-state index in [-0.39, 0.29) is 38.3 Å². The maximum absolute atomic E-state index is 12.6. The highest BCUT2D eigenvalue weighted by Crippen LogP contribution is 2.46. The number of halogens is 4.